The van der Waals surface area contributed by atoms with Gasteiger partial charge in [-0.25, -0.2) is 5.84 Å². The average Bonchev–Trinajstić information content (AvgIpc) is 2.71. The molecule has 1 aromatic heterocycles. The number of amides is 1. The normalized spacial score (nSPS) is 17.3. The maximum atomic E-state index is 11.6. The fourth-order valence-corrected chi connectivity index (χ4v) is 2.64. The highest BCUT2D eigenvalue weighted by molar-refractivity contribution is 7.71. The van der Waals surface area contributed by atoms with Gasteiger partial charge in [0.25, 0.3) is 5.91 Å². The van der Waals surface area contributed by atoms with Crippen molar-refractivity contribution in [2.45, 2.75) is 38.1 Å². The quantitative estimate of drug-likeness (QED) is 0.318. The van der Waals surface area contributed by atoms with Crippen LogP contribution in [0, 0.1) is 4.77 Å². The Kier molecular flexibility index (Phi) is 3.40. The monoisotopic (exact) mass is 240 g/mol. The van der Waals surface area contributed by atoms with Crippen molar-refractivity contribution >= 4 is 18.1 Å². The fourth-order valence-electron chi connectivity index (χ4n) is 2.33. The van der Waals surface area contributed by atoms with Gasteiger partial charge in [0.1, 0.15) is 5.69 Å². The number of imidazole rings is 1. The van der Waals surface area contributed by atoms with Crippen LogP contribution in [0.15, 0.2) is 6.20 Å². The SMILES string of the molecule is NNC(=O)c1c[nH]c(=S)n1C1CCCCC1. The first kappa shape index (κ1) is 11.3. The molecule has 1 aliphatic carbocycles. The zero-order valence-corrected chi connectivity index (χ0v) is 9.85. The lowest BCUT2D eigenvalue weighted by Crippen LogP contribution is -2.32. The summed E-state index contributed by atoms with van der Waals surface area (Å²) in [6.07, 6.45) is 7.45. The predicted molar refractivity (Wildman–Crippen MR) is 63.4 cm³/mol. The van der Waals surface area contributed by atoms with Crippen molar-refractivity contribution in [2.75, 3.05) is 0 Å². The van der Waals surface area contributed by atoms with E-state index in [4.69, 9.17) is 18.1 Å². The molecule has 2 rings (SSSR count). The highest BCUT2D eigenvalue weighted by atomic mass is 32.1. The molecule has 0 radical (unpaired) electrons. The molecular formula is C10H16N4OS. The molecule has 4 N–H and O–H groups in total. The zero-order chi connectivity index (χ0) is 11.5. The second-order valence-corrected chi connectivity index (χ2v) is 4.50. The number of hydrazine groups is 1. The molecular weight excluding hydrogens is 224 g/mol. The van der Waals surface area contributed by atoms with Crippen LogP contribution in [0.4, 0.5) is 0 Å². The van der Waals surface area contributed by atoms with E-state index < -0.39 is 0 Å². The van der Waals surface area contributed by atoms with Crippen LogP contribution in [-0.4, -0.2) is 15.5 Å². The third-order valence-electron chi connectivity index (χ3n) is 3.11. The second-order valence-electron chi connectivity index (χ2n) is 4.11. The van der Waals surface area contributed by atoms with E-state index in [1.807, 2.05) is 4.57 Å². The Bertz CT molecular complexity index is 430. The minimum Gasteiger partial charge on any atom is -0.337 e. The van der Waals surface area contributed by atoms with Crippen LogP contribution < -0.4 is 11.3 Å². The Hall–Kier alpha value is -1.14. The number of H-pyrrole nitrogens is 1. The lowest BCUT2D eigenvalue weighted by molar-refractivity contribution is 0.0940. The number of nitrogens with one attached hydrogen (secondary N) is 2. The van der Waals surface area contributed by atoms with Crippen LogP contribution in [0.25, 0.3) is 0 Å². The molecule has 1 saturated carbocycles. The van der Waals surface area contributed by atoms with Crippen molar-refractivity contribution in [3.8, 4) is 0 Å². The summed E-state index contributed by atoms with van der Waals surface area (Å²) in [5.41, 5.74) is 2.68. The third kappa shape index (κ3) is 2.03. The predicted octanol–water partition coefficient (Wildman–Crippen LogP) is 1.65. The van der Waals surface area contributed by atoms with Crippen LogP contribution in [0.3, 0.4) is 0 Å². The van der Waals surface area contributed by atoms with Gasteiger partial charge >= 0.3 is 0 Å². The highest BCUT2D eigenvalue weighted by Gasteiger charge is 2.21. The first-order valence-corrected chi connectivity index (χ1v) is 5.95. The van der Waals surface area contributed by atoms with Gasteiger partial charge in [-0.15, -0.1) is 0 Å². The Morgan fingerprint density at radius 2 is 2.19 bits per heavy atom. The van der Waals surface area contributed by atoms with E-state index in [0.29, 0.717) is 16.5 Å². The van der Waals surface area contributed by atoms with Gasteiger partial charge < -0.3 is 9.55 Å². The highest BCUT2D eigenvalue weighted by Crippen LogP contribution is 2.29. The smallest absolute Gasteiger partial charge is 0.283 e. The first-order chi connectivity index (χ1) is 7.74. The van der Waals surface area contributed by atoms with E-state index in [-0.39, 0.29) is 5.91 Å². The summed E-state index contributed by atoms with van der Waals surface area (Å²) < 4.78 is 2.50. The Morgan fingerprint density at radius 1 is 1.50 bits per heavy atom. The third-order valence-corrected chi connectivity index (χ3v) is 3.43. The average molecular weight is 240 g/mol. The molecule has 0 unspecified atom stereocenters. The molecule has 1 aromatic rings. The van der Waals surface area contributed by atoms with Gasteiger partial charge in [-0.1, -0.05) is 19.3 Å². The first-order valence-electron chi connectivity index (χ1n) is 5.55. The van der Waals surface area contributed by atoms with Crippen LogP contribution in [0.1, 0.15) is 48.6 Å². The van der Waals surface area contributed by atoms with Crippen LogP contribution in [0.5, 0.6) is 0 Å². The van der Waals surface area contributed by atoms with Gasteiger partial charge in [-0.3, -0.25) is 10.2 Å². The van der Waals surface area contributed by atoms with Gasteiger partial charge in [0, 0.05) is 12.2 Å². The van der Waals surface area contributed by atoms with Crippen molar-refractivity contribution in [3.05, 3.63) is 16.7 Å². The fraction of sp³-hybridized carbons (Fsp3) is 0.600. The maximum Gasteiger partial charge on any atom is 0.283 e. The molecule has 0 aliphatic heterocycles. The summed E-state index contributed by atoms with van der Waals surface area (Å²) in [5.74, 6) is 4.86. The number of aromatic nitrogens is 2. The molecule has 0 atom stereocenters. The van der Waals surface area contributed by atoms with Crippen molar-refractivity contribution in [1.29, 1.82) is 0 Å². The summed E-state index contributed by atoms with van der Waals surface area (Å²) in [6, 6.07) is 0.333. The van der Waals surface area contributed by atoms with Crippen LogP contribution in [-0.2, 0) is 0 Å². The number of aromatic amines is 1. The molecule has 0 bridgehead atoms. The van der Waals surface area contributed by atoms with Crippen molar-refractivity contribution in [2.24, 2.45) is 5.84 Å². The molecule has 6 heteroatoms. The van der Waals surface area contributed by atoms with Crippen molar-refractivity contribution < 1.29 is 4.79 Å². The maximum absolute atomic E-state index is 11.6. The zero-order valence-electron chi connectivity index (χ0n) is 9.03. The molecule has 1 heterocycles. The molecule has 1 amide bonds. The second kappa shape index (κ2) is 4.80. The van der Waals surface area contributed by atoms with E-state index >= 15 is 0 Å². The molecule has 5 nitrogen and oxygen atoms in total. The molecule has 0 saturated heterocycles. The van der Waals surface area contributed by atoms with E-state index in [1.54, 1.807) is 6.20 Å². The van der Waals surface area contributed by atoms with Crippen molar-refractivity contribution in [3.63, 3.8) is 0 Å². The summed E-state index contributed by atoms with van der Waals surface area (Å²) in [7, 11) is 0. The minimum absolute atomic E-state index is 0.294. The molecule has 0 aromatic carbocycles. The minimum atomic E-state index is -0.294. The van der Waals surface area contributed by atoms with Crippen molar-refractivity contribution in [1.82, 2.24) is 15.0 Å². The summed E-state index contributed by atoms with van der Waals surface area (Å²) >= 11 is 5.21. The largest absolute Gasteiger partial charge is 0.337 e. The van der Waals surface area contributed by atoms with E-state index in [0.717, 1.165) is 12.8 Å². The number of nitrogens with zero attached hydrogens (tertiary/aromatic N) is 1. The van der Waals surface area contributed by atoms with Gasteiger partial charge in [-0.2, -0.15) is 0 Å². The number of hydrogen-bond acceptors (Lipinski definition) is 3. The van der Waals surface area contributed by atoms with Crippen LogP contribution in [0.2, 0.25) is 0 Å². The molecule has 88 valence electrons. The summed E-state index contributed by atoms with van der Waals surface area (Å²) in [5, 5.41) is 0. The molecule has 1 fully saturated rings. The number of nitrogens with two attached hydrogens (primary N) is 1. The summed E-state index contributed by atoms with van der Waals surface area (Å²) in [6.45, 7) is 0. The number of carbonyl (C=O) groups is 1. The van der Waals surface area contributed by atoms with E-state index in [1.165, 1.54) is 19.3 Å². The van der Waals surface area contributed by atoms with Gasteiger partial charge in [-0.05, 0) is 25.1 Å². The van der Waals surface area contributed by atoms with E-state index in [2.05, 4.69) is 10.4 Å². The van der Waals surface area contributed by atoms with Gasteiger partial charge in [0.2, 0.25) is 0 Å². The van der Waals surface area contributed by atoms with Gasteiger partial charge in [0.05, 0.1) is 0 Å². The molecule has 0 spiro atoms. The molecule has 16 heavy (non-hydrogen) atoms. The number of carbonyl (C=O) groups excluding carboxylic acids is 1. The topological polar surface area (TPSA) is 75.8 Å². The Morgan fingerprint density at radius 3 is 2.81 bits per heavy atom. The number of hydrogen-bond donors (Lipinski definition) is 3. The Balaban J connectivity index is 2.34. The number of nitrogen functional groups attached to an aromatic ring is 1. The number of rotatable bonds is 2. The lowest BCUT2D eigenvalue weighted by Gasteiger charge is -2.24. The lowest BCUT2D eigenvalue weighted by atomic mass is 9.95. The molecule has 1 aliphatic rings. The van der Waals surface area contributed by atoms with Gasteiger partial charge in [0.15, 0.2) is 4.77 Å². The standard InChI is InChI=1S/C10H16N4OS/c11-13-9(15)8-6-12-10(16)14(8)7-4-2-1-3-5-7/h6-7H,1-5,11H2,(H,12,16)(H,13,15). The van der Waals surface area contributed by atoms with E-state index in [9.17, 15) is 4.79 Å². The summed E-state index contributed by atoms with van der Waals surface area (Å²) in [4.78, 5) is 14.5. The Labute approximate surface area is 99.0 Å². The van der Waals surface area contributed by atoms with Crippen LogP contribution >= 0.6 is 12.2 Å².